The van der Waals surface area contributed by atoms with Gasteiger partial charge in [-0.25, -0.2) is 4.99 Å². The number of hydrogen-bond donors (Lipinski definition) is 4. The number of aliphatic imine (C=N–C) groups is 1. The van der Waals surface area contributed by atoms with Gasteiger partial charge in [-0.05, 0) is 36.4 Å². The summed E-state index contributed by atoms with van der Waals surface area (Å²) >= 11 is 12.4. The number of hydrogen-bond acceptors (Lipinski definition) is 8. The minimum atomic E-state index is -1.60. The molecule has 10 heteroatoms. The highest BCUT2D eigenvalue weighted by Gasteiger charge is 2.45. The van der Waals surface area contributed by atoms with Gasteiger partial charge in [0.15, 0.2) is 11.5 Å². The van der Waals surface area contributed by atoms with Crippen LogP contribution in [0.5, 0.6) is 5.75 Å². The third kappa shape index (κ3) is 4.44. The average Bonchev–Trinajstić information content (AvgIpc) is 2.66. The summed E-state index contributed by atoms with van der Waals surface area (Å²) in [5.41, 5.74) is 0.920. The van der Waals surface area contributed by atoms with Crippen LogP contribution in [0, 0.1) is 0 Å². The van der Waals surface area contributed by atoms with Crippen LogP contribution in [-0.4, -0.2) is 69.2 Å². The lowest BCUT2D eigenvalue weighted by atomic mass is 9.99. The first-order chi connectivity index (χ1) is 13.3. The van der Waals surface area contributed by atoms with Crippen LogP contribution >= 0.6 is 23.2 Å². The van der Waals surface area contributed by atoms with E-state index in [2.05, 4.69) is 4.99 Å². The number of rotatable bonds is 4. The first-order valence-corrected chi connectivity index (χ1v) is 9.00. The van der Waals surface area contributed by atoms with Gasteiger partial charge in [-0.2, -0.15) is 0 Å². The maximum atomic E-state index is 11.1. The molecule has 8 nitrogen and oxygen atoms in total. The summed E-state index contributed by atoms with van der Waals surface area (Å²) in [6.45, 7) is -0.591. The van der Waals surface area contributed by atoms with E-state index < -0.39 is 37.3 Å². The molecular weight excluding hydrogens is 413 g/mol. The van der Waals surface area contributed by atoms with Crippen molar-refractivity contribution in [3.8, 4) is 5.75 Å². The maximum absolute atomic E-state index is 11.1. The summed E-state index contributed by atoms with van der Waals surface area (Å²) in [6.07, 6.45) is -1.40. The van der Waals surface area contributed by atoms with Gasteiger partial charge in [-0.3, -0.25) is 4.79 Å². The fourth-order valence-electron chi connectivity index (χ4n) is 2.67. The molecule has 0 saturated carbocycles. The number of ether oxygens (including phenoxy) is 2. The van der Waals surface area contributed by atoms with Crippen molar-refractivity contribution < 1.29 is 34.7 Å². The molecule has 2 aliphatic rings. The van der Waals surface area contributed by atoms with Crippen LogP contribution in [-0.2, 0) is 9.53 Å². The van der Waals surface area contributed by atoms with Crippen LogP contribution in [0.3, 0.4) is 0 Å². The lowest BCUT2D eigenvalue weighted by molar-refractivity contribution is -0.277. The molecule has 1 heterocycles. The van der Waals surface area contributed by atoms with Crippen LogP contribution < -0.4 is 4.74 Å². The molecule has 1 saturated heterocycles. The van der Waals surface area contributed by atoms with Crippen LogP contribution in [0.2, 0.25) is 10.0 Å². The van der Waals surface area contributed by atoms with E-state index in [9.17, 15) is 25.2 Å². The Balaban J connectivity index is 1.82. The van der Waals surface area contributed by atoms with Gasteiger partial charge in [-0.15, -0.1) is 0 Å². The highest BCUT2D eigenvalue weighted by atomic mass is 35.5. The van der Waals surface area contributed by atoms with Gasteiger partial charge in [0.2, 0.25) is 6.29 Å². The van der Waals surface area contributed by atoms with Crippen molar-refractivity contribution in [2.75, 3.05) is 6.61 Å². The van der Waals surface area contributed by atoms with Gasteiger partial charge < -0.3 is 29.9 Å². The third-order valence-corrected chi connectivity index (χ3v) is 4.72. The summed E-state index contributed by atoms with van der Waals surface area (Å²) < 4.78 is 10.8. The van der Waals surface area contributed by atoms with Gasteiger partial charge >= 0.3 is 0 Å². The minimum absolute atomic E-state index is 0.0264. The lowest BCUT2D eigenvalue weighted by Gasteiger charge is -2.39. The van der Waals surface area contributed by atoms with Gasteiger partial charge in [0.05, 0.1) is 28.1 Å². The number of ketones is 1. The Morgan fingerprint density at radius 3 is 2.18 bits per heavy atom. The highest BCUT2D eigenvalue weighted by molar-refractivity contribution is 6.37. The van der Waals surface area contributed by atoms with E-state index in [0.29, 0.717) is 11.4 Å². The second-order valence-corrected chi connectivity index (χ2v) is 6.97. The molecule has 4 N–H and O–H groups in total. The van der Waals surface area contributed by atoms with Crippen molar-refractivity contribution in [2.45, 2.75) is 30.7 Å². The second kappa shape index (κ2) is 8.71. The molecule has 1 aromatic rings. The van der Waals surface area contributed by atoms with E-state index in [-0.39, 0.29) is 21.6 Å². The van der Waals surface area contributed by atoms with Crippen molar-refractivity contribution in [1.82, 2.24) is 0 Å². The smallest absolute Gasteiger partial charge is 0.229 e. The Bertz CT molecular complexity index is 811. The van der Waals surface area contributed by atoms with E-state index >= 15 is 0 Å². The van der Waals surface area contributed by atoms with E-state index in [1.165, 1.54) is 24.3 Å². The van der Waals surface area contributed by atoms with Crippen molar-refractivity contribution in [3.05, 3.63) is 46.5 Å². The number of halogens is 2. The maximum Gasteiger partial charge on any atom is 0.229 e. The first kappa shape index (κ1) is 20.9. The Kier molecular flexibility index (Phi) is 6.51. The number of nitrogens with zero attached hydrogens (tertiary/aromatic N) is 1. The van der Waals surface area contributed by atoms with Gasteiger partial charge in [0.1, 0.15) is 24.4 Å². The molecule has 0 amide bonds. The topological polar surface area (TPSA) is 129 Å². The number of carbonyl (C=O) groups is 1. The first-order valence-electron chi connectivity index (χ1n) is 8.25. The Labute approximate surface area is 169 Å². The molecule has 0 spiro atoms. The van der Waals surface area contributed by atoms with Gasteiger partial charge in [-0.1, -0.05) is 23.2 Å². The molecule has 0 aromatic heterocycles. The molecule has 1 fully saturated rings. The molecule has 5 atom stereocenters. The Morgan fingerprint density at radius 1 is 1.00 bits per heavy atom. The molecule has 0 bridgehead atoms. The molecule has 28 heavy (non-hydrogen) atoms. The predicted octanol–water partition coefficient (Wildman–Crippen LogP) is 0.940. The van der Waals surface area contributed by atoms with E-state index in [4.69, 9.17) is 32.7 Å². The standard InChI is InChI=1S/C18H17Cl2NO7/c19-11-5-9(21-8-1-3-10(23)4-2-8)6-12(20)17(11)28-18-16(26)15(25)14(24)13(7-22)27-18/h1-6,13-16,18,22,24-26H,7H2/t13-,14-,15+,16-,18+/m1/s1. The third-order valence-electron chi connectivity index (χ3n) is 4.16. The normalized spacial score (nSPS) is 29.9. The fraction of sp³-hybridized carbons (Fsp3) is 0.333. The summed E-state index contributed by atoms with van der Waals surface area (Å²) in [6, 6.07) is 2.91. The van der Waals surface area contributed by atoms with Crippen LogP contribution in [0.15, 0.2) is 41.4 Å². The van der Waals surface area contributed by atoms with Crippen molar-refractivity contribution in [1.29, 1.82) is 0 Å². The molecule has 1 aliphatic heterocycles. The molecular formula is C18H17Cl2NO7. The lowest BCUT2D eigenvalue weighted by Crippen LogP contribution is -2.60. The molecule has 0 radical (unpaired) electrons. The van der Waals surface area contributed by atoms with Crippen LogP contribution in [0.4, 0.5) is 5.69 Å². The molecule has 3 rings (SSSR count). The van der Waals surface area contributed by atoms with Crippen LogP contribution in [0.25, 0.3) is 0 Å². The molecule has 1 aliphatic carbocycles. The van der Waals surface area contributed by atoms with Crippen molar-refractivity contribution in [3.63, 3.8) is 0 Å². The highest BCUT2D eigenvalue weighted by Crippen LogP contribution is 2.39. The van der Waals surface area contributed by atoms with Gasteiger partial charge in [0.25, 0.3) is 0 Å². The zero-order valence-corrected chi connectivity index (χ0v) is 15.8. The quantitative estimate of drug-likeness (QED) is 0.524. The van der Waals surface area contributed by atoms with Crippen molar-refractivity contribution in [2.24, 2.45) is 4.99 Å². The fourth-order valence-corrected chi connectivity index (χ4v) is 3.24. The predicted molar refractivity (Wildman–Crippen MR) is 101 cm³/mol. The largest absolute Gasteiger partial charge is 0.459 e. The SMILES string of the molecule is O=C1C=CC(=Nc2cc(Cl)c(O[C@@H]3O[C@H](CO)[C@@H](O)[C@H](O)[C@H]3O)c(Cl)c2)C=C1. The van der Waals surface area contributed by atoms with E-state index in [1.807, 2.05) is 0 Å². The molecule has 1 aromatic carbocycles. The monoisotopic (exact) mass is 429 g/mol. The summed E-state index contributed by atoms with van der Waals surface area (Å²) in [5, 5.41) is 39.1. The number of aliphatic hydroxyl groups is 4. The van der Waals surface area contributed by atoms with Gasteiger partial charge in [0, 0.05) is 0 Å². The average molecular weight is 430 g/mol. The number of carbonyl (C=O) groups excluding carboxylic acids is 1. The Morgan fingerprint density at radius 2 is 1.61 bits per heavy atom. The Hall–Kier alpha value is -1.78. The van der Waals surface area contributed by atoms with Crippen LogP contribution in [0.1, 0.15) is 0 Å². The summed E-state index contributed by atoms with van der Waals surface area (Å²) in [7, 11) is 0. The number of allylic oxidation sites excluding steroid dienone is 4. The molecule has 150 valence electrons. The molecule has 0 unspecified atom stereocenters. The van der Waals surface area contributed by atoms with E-state index in [0.717, 1.165) is 0 Å². The van der Waals surface area contributed by atoms with Crippen molar-refractivity contribution >= 4 is 40.4 Å². The second-order valence-electron chi connectivity index (χ2n) is 6.16. The zero-order valence-electron chi connectivity index (χ0n) is 14.3. The summed E-state index contributed by atoms with van der Waals surface area (Å²) in [4.78, 5) is 15.5. The summed E-state index contributed by atoms with van der Waals surface area (Å²) in [5.74, 6) is -0.167. The minimum Gasteiger partial charge on any atom is -0.459 e. The number of aliphatic hydroxyl groups excluding tert-OH is 4. The van der Waals surface area contributed by atoms with E-state index in [1.54, 1.807) is 12.2 Å². The number of benzene rings is 1. The zero-order chi connectivity index (χ0) is 20.4.